The van der Waals surface area contributed by atoms with Gasteiger partial charge in [0.1, 0.15) is 0 Å². The molecule has 1 aliphatic heterocycles. The van der Waals surface area contributed by atoms with Gasteiger partial charge in [-0.2, -0.15) is 0 Å². The van der Waals surface area contributed by atoms with Crippen molar-refractivity contribution in [2.24, 2.45) is 11.1 Å². The number of piperidine rings is 1. The molecule has 1 aromatic rings. The van der Waals surface area contributed by atoms with Crippen LogP contribution in [0.2, 0.25) is 5.02 Å². The normalized spacial score (nSPS) is 22.0. The molecule has 8 heteroatoms. The van der Waals surface area contributed by atoms with Crippen LogP contribution in [0, 0.1) is 15.5 Å². The maximum atomic E-state index is 12.5. The zero-order valence-corrected chi connectivity index (χ0v) is 14.8. The van der Waals surface area contributed by atoms with Gasteiger partial charge in [0, 0.05) is 31.3 Å². The number of nitro benzene ring substituents is 1. The van der Waals surface area contributed by atoms with E-state index < -0.39 is 4.92 Å². The van der Waals surface area contributed by atoms with Crippen LogP contribution in [-0.4, -0.2) is 40.9 Å². The Balaban J connectivity index is 2.09. The maximum absolute atomic E-state index is 12.5. The Morgan fingerprint density at radius 1 is 1.54 bits per heavy atom. The van der Waals surface area contributed by atoms with Crippen LogP contribution in [0.25, 0.3) is 0 Å². The fourth-order valence-corrected chi connectivity index (χ4v) is 3.04. The number of rotatable bonds is 4. The van der Waals surface area contributed by atoms with Crippen molar-refractivity contribution in [3.05, 3.63) is 33.3 Å². The number of likely N-dealkylation sites (tertiary alicyclic amines) is 1. The fraction of sp³-hybridized carbons (Fsp3) is 0.562. The standard InChI is InChI=1S/C16H23ClN4O3/c1-10(20-7-6-14(18)16(2,3)9-20)15(22)19-13-8-11(21(23)24)4-5-12(13)17/h4-5,8,10,14H,6-7,9,18H2,1-3H3,(H,19,22). The number of nitro groups is 1. The lowest BCUT2D eigenvalue weighted by molar-refractivity contribution is -0.384. The topological polar surface area (TPSA) is 101 Å². The Labute approximate surface area is 146 Å². The largest absolute Gasteiger partial charge is 0.327 e. The number of halogens is 1. The highest BCUT2D eigenvalue weighted by molar-refractivity contribution is 6.33. The number of nitrogens with two attached hydrogens (primary N) is 1. The third-order valence-electron chi connectivity index (χ3n) is 4.69. The van der Waals surface area contributed by atoms with E-state index in [4.69, 9.17) is 17.3 Å². The number of hydrogen-bond acceptors (Lipinski definition) is 5. The van der Waals surface area contributed by atoms with Gasteiger partial charge < -0.3 is 11.1 Å². The second kappa shape index (κ2) is 7.04. The number of amides is 1. The first-order valence-corrected chi connectivity index (χ1v) is 8.24. The van der Waals surface area contributed by atoms with Gasteiger partial charge >= 0.3 is 0 Å². The van der Waals surface area contributed by atoms with E-state index in [-0.39, 0.29) is 39.8 Å². The van der Waals surface area contributed by atoms with Crippen molar-refractivity contribution in [1.82, 2.24) is 4.90 Å². The zero-order chi connectivity index (χ0) is 18.1. The molecule has 1 fully saturated rings. The van der Waals surface area contributed by atoms with E-state index in [2.05, 4.69) is 24.1 Å². The van der Waals surface area contributed by atoms with Gasteiger partial charge in [0.25, 0.3) is 5.69 Å². The number of carbonyl (C=O) groups is 1. The lowest BCUT2D eigenvalue weighted by Crippen LogP contribution is -2.56. The minimum absolute atomic E-state index is 0.0734. The van der Waals surface area contributed by atoms with Gasteiger partial charge in [-0.1, -0.05) is 25.4 Å². The minimum Gasteiger partial charge on any atom is -0.327 e. The predicted molar refractivity (Wildman–Crippen MR) is 94.1 cm³/mol. The molecule has 7 nitrogen and oxygen atoms in total. The number of non-ortho nitro benzene ring substituents is 1. The molecule has 2 unspecified atom stereocenters. The molecule has 0 spiro atoms. The average Bonchev–Trinajstić information content (AvgIpc) is 2.51. The van der Waals surface area contributed by atoms with Crippen LogP contribution < -0.4 is 11.1 Å². The number of hydrogen-bond donors (Lipinski definition) is 2. The summed E-state index contributed by atoms with van der Waals surface area (Å²) in [6.45, 7) is 7.44. The molecule has 2 rings (SSSR count). The minimum atomic E-state index is -0.524. The van der Waals surface area contributed by atoms with Gasteiger partial charge in [-0.25, -0.2) is 0 Å². The third-order valence-corrected chi connectivity index (χ3v) is 5.02. The van der Waals surface area contributed by atoms with Crippen LogP contribution in [-0.2, 0) is 4.79 Å². The van der Waals surface area contributed by atoms with Gasteiger partial charge in [-0.15, -0.1) is 0 Å². The van der Waals surface area contributed by atoms with Crippen molar-refractivity contribution in [3.63, 3.8) is 0 Å². The van der Waals surface area contributed by atoms with E-state index in [9.17, 15) is 14.9 Å². The highest BCUT2D eigenvalue weighted by atomic mass is 35.5. The molecule has 1 saturated heterocycles. The quantitative estimate of drug-likeness (QED) is 0.639. The lowest BCUT2D eigenvalue weighted by atomic mass is 9.79. The molecule has 132 valence electrons. The van der Waals surface area contributed by atoms with E-state index in [0.29, 0.717) is 6.54 Å². The Hall–Kier alpha value is -1.70. The van der Waals surface area contributed by atoms with Crippen LogP contribution >= 0.6 is 11.6 Å². The predicted octanol–water partition coefficient (Wildman–Crippen LogP) is 2.63. The van der Waals surface area contributed by atoms with E-state index >= 15 is 0 Å². The summed E-state index contributed by atoms with van der Waals surface area (Å²) in [5, 5.41) is 13.8. The van der Waals surface area contributed by atoms with Crippen LogP contribution in [0.5, 0.6) is 0 Å². The Morgan fingerprint density at radius 2 is 2.21 bits per heavy atom. The van der Waals surface area contributed by atoms with Gasteiger partial charge in [-0.3, -0.25) is 19.8 Å². The molecule has 1 heterocycles. The lowest BCUT2D eigenvalue weighted by Gasteiger charge is -2.44. The molecule has 0 aliphatic carbocycles. The first kappa shape index (κ1) is 18.6. The molecule has 2 atom stereocenters. The molecule has 0 radical (unpaired) electrons. The SMILES string of the molecule is CC(C(=O)Nc1cc([N+](=O)[O-])ccc1Cl)N1CCC(N)C(C)(C)C1. The molecule has 0 saturated carbocycles. The summed E-state index contributed by atoms with van der Waals surface area (Å²) in [7, 11) is 0. The number of nitrogens with one attached hydrogen (secondary N) is 1. The van der Waals surface area contributed by atoms with Crippen molar-refractivity contribution in [3.8, 4) is 0 Å². The number of carbonyl (C=O) groups excluding carboxylic acids is 1. The van der Waals surface area contributed by atoms with Crippen molar-refractivity contribution in [2.75, 3.05) is 18.4 Å². The van der Waals surface area contributed by atoms with Crippen LogP contribution in [0.1, 0.15) is 27.2 Å². The zero-order valence-electron chi connectivity index (χ0n) is 14.1. The smallest absolute Gasteiger partial charge is 0.271 e. The molecule has 0 bridgehead atoms. The summed E-state index contributed by atoms with van der Waals surface area (Å²) >= 11 is 6.03. The van der Waals surface area contributed by atoms with Crippen LogP contribution in [0.4, 0.5) is 11.4 Å². The van der Waals surface area contributed by atoms with Crippen molar-refractivity contribution < 1.29 is 9.72 Å². The van der Waals surface area contributed by atoms with Crippen molar-refractivity contribution >= 4 is 28.9 Å². The van der Waals surface area contributed by atoms with Gasteiger partial charge in [0.2, 0.25) is 5.91 Å². The molecular weight excluding hydrogens is 332 g/mol. The summed E-state index contributed by atoms with van der Waals surface area (Å²) in [6, 6.07) is 3.70. The van der Waals surface area contributed by atoms with Gasteiger partial charge in [-0.05, 0) is 24.8 Å². The fourth-order valence-electron chi connectivity index (χ4n) is 2.87. The van der Waals surface area contributed by atoms with E-state index in [0.717, 1.165) is 13.0 Å². The first-order chi connectivity index (χ1) is 11.1. The highest BCUT2D eigenvalue weighted by Crippen LogP contribution is 2.30. The molecular formula is C16H23ClN4O3. The van der Waals surface area contributed by atoms with Crippen LogP contribution in [0.3, 0.4) is 0 Å². The summed E-state index contributed by atoms with van der Waals surface area (Å²) in [4.78, 5) is 24.9. The summed E-state index contributed by atoms with van der Waals surface area (Å²) in [5.74, 6) is -0.247. The Kier molecular flexibility index (Phi) is 5.47. The number of benzene rings is 1. The summed E-state index contributed by atoms with van der Waals surface area (Å²) in [6.07, 6.45) is 0.822. The second-order valence-electron chi connectivity index (χ2n) is 6.94. The van der Waals surface area contributed by atoms with Crippen LogP contribution in [0.15, 0.2) is 18.2 Å². The molecule has 1 aromatic carbocycles. The number of nitrogens with zero attached hydrogens (tertiary/aromatic N) is 2. The third kappa shape index (κ3) is 4.03. The molecule has 0 aromatic heterocycles. The molecule has 24 heavy (non-hydrogen) atoms. The molecule has 1 amide bonds. The molecule has 3 N–H and O–H groups in total. The first-order valence-electron chi connectivity index (χ1n) is 7.86. The Bertz CT molecular complexity index is 650. The summed E-state index contributed by atoms with van der Waals surface area (Å²) in [5.41, 5.74) is 6.19. The monoisotopic (exact) mass is 354 g/mol. The van der Waals surface area contributed by atoms with Gasteiger partial charge in [0.15, 0.2) is 0 Å². The summed E-state index contributed by atoms with van der Waals surface area (Å²) < 4.78 is 0. The second-order valence-corrected chi connectivity index (χ2v) is 7.35. The average molecular weight is 355 g/mol. The Morgan fingerprint density at radius 3 is 2.79 bits per heavy atom. The molecule has 1 aliphatic rings. The van der Waals surface area contributed by atoms with E-state index in [1.807, 2.05) is 6.92 Å². The van der Waals surface area contributed by atoms with E-state index in [1.165, 1.54) is 18.2 Å². The highest BCUT2D eigenvalue weighted by Gasteiger charge is 2.36. The van der Waals surface area contributed by atoms with Crippen molar-refractivity contribution in [2.45, 2.75) is 39.3 Å². The van der Waals surface area contributed by atoms with Gasteiger partial charge in [0.05, 0.1) is 21.7 Å². The maximum Gasteiger partial charge on any atom is 0.271 e. The van der Waals surface area contributed by atoms with Crippen molar-refractivity contribution in [1.29, 1.82) is 0 Å². The van der Waals surface area contributed by atoms with E-state index in [1.54, 1.807) is 0 Å². The number of anilines is 1.